The lowest BCUT2D eigenvalue weighted by Gasteiger charge is -2.27. The molecule has 1 unspecified atom stereocenters. The molecule has 4 aromatic rings. The van der Waals surface area contributed by atoms with Gasteiger partial charge in [0.15, 0.2) is 0 Å². The summed E-state index contributed by atoms with van der Waals surface area (Å²) >= 11 is 0. The smallest absolute Gasteiger partial charge is 0.324 e. The third kappa shape index (κ3) is 6.11. The number of anilines is 4. The molecule has 12 heteroatoms. The molecule has 6 rings (SSSR count). The summed E-state index contributed by atoms with van der Waals surface area (Å²) in [5.74, 6) is 6.19. The van der Waals surface area contributed by atoms with Gasteiger partial charge in [-0.3, -0.25) is 10.1 Å². The Morgan fingerprint density at radius 1 is 1.00 bits per heavy atom. The molecular formula is C30H31N9O3. The summed E-state index contributed by atoms with van der Waals surface area (Å²) in [4.78, 5) is 45.5. The minimum absolute atomic E-state index is 0.0262. The van der Waals surface area contributed by atoms with E-state index in [-0.39, 0.29) is 11.9 Å². The van der Waals surface area contributed by atoms with Crippen molar-refractivity contribution in [2.24, 2.45) is 0 Å². The maximum Gasteiger partial charge on any atom is 0.324 e. The molecule has 4 N–H and O–H groups in total. The van der Waals surface area contributed by atoms with Gasteiger partial charge in [0.2, 0.25) is 0 Å². The number of urea groups is 1. The second-order valence-electron chi connectivity index (χ2n) is 10.1. The Morgan fingerprint density at radius 2 is 1.83 bits per heavy atom. The molecule has 3 aromatic heterocycles. The minimum Gasteiger partial charge on any atom is -0.378 e. The summed E-state index contributed by atoms with van der Waals surface area (Å²) in [7, 11) is 0. The van der Waals surface area contributed by atoms with Crippen LogP contribution in [0.5, 0.6) is 0 Å². The van der Waals surface area contributed by atoms with Gasteiger partial charge in [-0.25, -0.2) is 19.7 Å². The first-order valence-electron chi connectivity index (χ1n) is 13.8. The molecule has 0 aliphatic carbocycles. The van der Waals surface area contributed by atoms with E-state index in [0.717, 1.165) is 59.9 Å². The number of nitrogens with one attached hydrogen (secondary N) is 4. The molecule has 1 atom stereocenters. The van der Waals surface area contributed by atoms with E-state index in [1.807, 2.05) is 36.4 Å². The lowest BCUT2D eigenvalue weighted by atomic mass is 10.1. The Hall–Kier alpha value is -5.15. The first kappa shape index (κ1) is 27.0. The van der Waals surface area contributed by atoms with E-state index in [4.69, 9.17) is 4.74 Å². The van der Waals surface area contributed by atoms with Crippen LogP contribution in [-0.2, 0) is 9.53 Å². The maximum atomic E-state index is 12.7. The number of morpholine rings is 1. The minimum atomic E-state index is -0.395. The van der Waals surface area contributed by atoms with Crippen molar-refractivity contribution in [1.29, 1.82) is 0 Å². The number of carbonyl (C=O) groups excluding carboxylic acids is 2. The molecule has 0 saturated carbocycles. The number of amides is 3. The van der Waals surface area contributed by atoms with E-state index in [1.165, 1.54) is 0 Å². The van der Waals surface area contributed by atoms with Crippen LogP contribution in [0.15, 0.2) is 55.0 Å². The molecule has 2 saturated heterocycles. The Morgan fingerprint density at radius 3 is 2.64 bits per heavy atom. The first-order chi connectivity index (χ1) is 20.6. The van der Waals surface area contributed by atoms with Gasteiger partial charge in [0.25, 0.3) is 5.91 Å². The predicted molar refractivity (Wildman–Crippen MR) is 161 cm³/mol. The summed E-state index contributed by atoms with van der Waals surface area (Å²) in [6.07, 6.45) is 4.05. The van der Waals surface area contributed by atoms with Crippen LogP contribution < -0.4 is 25.8 Å². The zero-order valence-corrected chi connectivity index (χ0v) is 23.2. The lowest BCUT2D eigenvalue weighted by Crippen LogP contribution is -2.36. The highest BCUT2D eigenvalue weighted by molar-refractivity contribution is 5.99. The van der Waals surface area contributed by atoms with Gasteiger partial charge >= 0.3 is 6.03 Å². The zero-order valence-electron chi connectivity index (χ0n) is 23.2. The molecule has 12 nitrogen and oxygen atoms in total. The van der Waals surface area contributed by atoms with Gasteiger partial charge in [-0.05, 0) is 49.1 Å². The molecule has 2 fully saturated rings. The summed E-state index contributed by atoms with van der Waals surface area (Å²) in [5.41, 5.74) is 4.22. The van der Waals surface area contributed by atoms with Gasteiger partial charge in [0.1, 0.15) is 23.6 Å². The fourth-order valence-corrected chi connectivity index (χ4v) is 5.25. The average Bonchev–Trinajstić information content (AvgIpc) is 3.66. The highest BCUT2D eigenvalue weighted by atomic mass is 16.5. The normalized spacial score (nSPS) is 16.5. The monoisotopic (exact) mass is 565 g/mol. The van der Waals surface area contributed by atoms with E-state index >= 15 is 0 Å². The molecule has 0 radical (unpaired) electrons. The SMILES string of the molecule is CC#CC(=O)NC1CCN(c2ccnc(NC(=O)Nc3ccc(-c4cc5c(N6CCOCC6)ncnc5[nH]4)cc3)c2)C1. The van der Waals surface area contributed by atoms with Gasteiger partial charge < -0.3 is 30.2 Å². The number of fused-ring (bicyclic) bond motifs is 1. The topological polar surface area (TPSA) is 140 Å². The second-order valence-corrected chi connectivity index (χ2v) is 10.1. The molecule has 0 bridgehead atoms. The number of aromatic amines is 1. The highest BCUT2D eigenvalue weighted by Crippen LogP contribution is 2.30. The van der Waals surface area contributed by atoms with Crippen molar-refractivity contribution in [2.75, 3.05) is 59.8 Å². The Balaban J connectivity index is 1.07. The van der Waals surface area contributed by atoms with E-state index in [9.17, 15) is 9.59 Å². The second kappa shape index (κ2) is 12.2. The summed E-state index contributed by atoms with van der Waals surface area (Å²) < 4.78 is 5.48. The fourth-order valence-electron chi connectivity index (χ4n) is 5.25. The summed E-state index contributed by atoms with van der Waals surface area (Å²) in [6, 6.07) is 13.0. The van der Waals surface area contributed by atoms with Crippen LogP contribution in [0.3, 0.4) is 0 Å². The standard InChI is InChI=1S/C30H31N9O3/c1-2-3-27(40)34-22-9-11-39(18-22)23-8-10-31-26(16-23)37-30(41)35-21-6-4-20(5-7-21)25-17-24-28(36-25)32-19-33-29(24)38-12-14-42-15-13-38/h4-8,10,16-17,19,22H,9,11-15,18H2,1H3,(H,34,40)(H,32,33,36)(H2,31,35,37,41). The maximum absolute atomic E-state index is 12.7. The summed E-state index contributed by atoms with van der Waals surface area (Å²) in [5, 5.41) is 9.56. The first-order valence-corrected chi connectivity index (χ1v) is 13.8. The fraction of sp³-hybridized carbons (Fsp3) is 0.300. The number of benzene rings is 1. The van der Waals surface area contributed by atoms with Crippen LogP contribution in [0, 0.1) is 11.8 Å². The van der Waals surface area contributed by atoms with Gasteiger partial charge in [-0.15, -0.1) is 0 Å². The number of aromatic nitrogens is 4. The molecule has 1 aromatic carbocycles. The third-order valence-corrected chi connectivity index (χ3v) is 7.28. The van der Waals surface area contributed by atoms with E-state index < -0.39 is 6.03 Å². The number of carbonyl (C=O) groups is 2. The van der Waals surface area contributed by atoms with Gasteiger partial charge in [-0.2, -0.15) is 0 Å². The number of H-pyrrole nitrogens is 1. The molecule has 5 heterocycles. The molecule has 214 valence electrons. The Bertz CT molecular complexity index is 1650. The number of pyridine rings is 1. The number of hydrogen-bond acceptors (Lipinski definition) is 8. The van der Waals surface area contributed by atoms with Crippen LogP contribution in [0.25, 0.3) is 22.3 Å². The van der Waals surface area contributed by atoms with Crippen molar-refractivity contribution in [2.45, 2.75) is 19.4 Å². The molecule has 2 aliphatic heterocycles. The van der Waals surface area contributed by atoms with Crippen LogP contribution in [0.2, 0.25) is 0 Å². The third-order valence-electron chi connectivity index (χ3n) is 7.28. The van der Waals surface area contributed by atoms with Crippen LogP contribution >= 0.6 is 0 Å². The largest absolute Gasteiger partial charge is 0.378 e. The van der Waals surface area contributed by atoms with E-state index in [1.54, 1.807) is 19.4 Å². The van der Waals surface area contributed by atoms with Gasteiger partial charge in [0.05, 0.1) is 18.6 Å². The highest BCUT2D eigenvalue weighted by Gasteiger charge is 2.24. The van der Waals surface area contributed by atoms with Crippen molar-refractivity contribution in [1.82, 2.24) is 25.3 Å². The van der Waals surface area contributed by atoms with Crippen molar-refractivity contribution < 1.29 is 14.3 Å². The molecular weight excluding hydrogens is 534 g/mol. The zero-order chi connectivity index (χ0) is 28.9. The number of ether oxygens (including phenoxy) is 1. The average molecular weight is 566 g/mol. The number of hydrogen-bond donors (Lipinski definition) is 4. The number of rotatable bonds is 6. The molecule has 0 spiro atoms. The van der Waals surface area contributed by atoms with Crippen molar-refractivity contribution in [3.63, 3.8) is 0 Å². The van der Waals surface area contributed by atoms with Crippen LogP contribution in [0.1, 0.15) is 13.3 Å². The van der Waals surface area contributed by atoms with Crippen molar-refractivity contribution >= 4 is 46.0 Å². The Labute approximate surface area is 242 Å². The predicted octanol–water partition coefficient (Wildman–Crippen LogP) is 3.22. The van der Waals surface area contributed by atoms with Crippen LogP contribution in [0.4, 0.5) is 27.8 Å². The van der Waals surface area contributed by atoms with Crippen LogP contribution in [-0.4, -0.2) is 77.3 Å². The molecule has 3 amide bonds. The molecule has 42 heavy (non-hydrogen) atoms. The van der Waals surface area contributed by atoms with Gasteiger partial charge in [0, 0.05) is 61.6 Å². The molecule has 2 aliphatic rings. The summed E-state index contributed by atoms with van der Waals surface area (Å²) in [6.45, 7) is 6.04. The van der Waals surface area contributed by atoms with E-state index in [2.05, 4.69) is 63.6 Å². The number of nitrogens with zero attached hydrogens (tertiary/aromatic N) is 5. The quantitative estimate of drug-likeness (QED) is 0.261. The van der Waals surface area contributed by atoms with Crippen molar-refractivity contribution in [3.05, 3.63) is 55.0 Å². The van der Waals surface area contributed by atoms with Crippen molar-refractivity contribution in [3.8, 4) is 23.1 Å². The van der Waals surface area contributed by atoms with E-state index in [0.29, 0.717) is 31.3 Å². The lowest BCUT2D eigenvalue weighted by molar-refractivity contribution is -0.116. The Kier molecular flexibility index (Phi) is 7.83. The van der Waals surface area contributed by atoms with Gasteiger partial charge in [-0.1, -0.05) is 18.1 Å².